The highest BCUT2D eigenvalue weighted by molar-refractivity contribution is 9.10. The predicted molar refractivity (Wildman–Crippen MR) is 55.3 cm³/mol. The van der Waals surface area contributed by atoms with E-state index in [0.717, 1.165) is 15.9 Å². The van der Waals surface area contributed by atoms with Gasteiger partial charge in [-0.2, -0.15) is 0 Å². The smallest absolute Gasteiger partial charge is 0.132 e. The number of aliphatic hydroxyl groups is 1. The number of aromatic nitrogens is 2. The Bertz CT molecular complexity index is 467. The Morgan fingerprint density at radius 3 is 2.93 bits per heavy atom. The van der Waals surface area contributed by atoms with E-state index >= 15 is 0 Å². The van der Waals surface area contributed by atoms with E-state index in [1.165, 1.54) is 0 Å². The Hall–Kier alpha value is -1.07. The van der Waals surface area contributed by atoms with Gasteiger partial charge in [-0.1, -0.05) is 0 Å². The number of hydrogen-bond donors (Lipinski definition) is 2. The van der Waals surface area contributed by atoms with Crippen LogP contribution in [0.2, 0.25) is 0 Å². The van der Waals surface area contributed by atoms with Crippen molar-refractivity contribution in [2.75, 3.05) is 6.61 Å². The lowest BCUT2D eigenvalue weighted by molar-refractivity contribution is 0.296. The second-order valence-corrected chi connectivity index (χ2v) is 3.69. The van der Waals surface area contributed by atoms with Crippen LogP contribution >= 0.6 is 15.9 Å². The van der Waals surface area contributed by atoms with E-state index in [1.807, 2.05) is 0 Å². The minimum Gasteiger partial charge on any atom is -0.506 e. The topological polar surface area (TPSA) is 57.8 Å². The van der Waals surface area contributed by atoms with Crippen molar-refractivity contribution in [2.24, 2.45) is 0 Å². The van der Waals surface area contributed by atoms with E-state index in [0.29, 0.717) is 6.42 Å². The third kappa shape index (κ3) is 1.49. The van der Waals surface area contributed by atoms with Crippen molar-refractivity contribution in [1.82, 2.24) is 9.38 Å². The van der Waals surface area contributed by atoms with Gasteiger partial charge in [0.25, 0.3) is 0 Å². The summed E-state index contributed by atoms with van der Waals surface area (Å²) >= 11 is 3.32. The maximum atomic E-state index is 9.31. The van der Waals surface area contributed by atoms with Crippen molar-refractivity contribution in [3.05, 3.63) is 28.8 Å². The quantitative estimate of drug-likeness (QED) is 0.853. The molecule has 14 heavy (non-hydrogen) atoms. The molecule has 2 N–H and O–H groups in total. The summed E-state index contributed by atoms with van der Waals surface area (Å²) in [6, 6.07) is 3.37. The fourth-order valence-electron chi connectivity index (χ4n) is 1.37. The highest BCUT2D eigenvalue weighted by atomic mass is 79.9. The number of aliphatic hydroxyl groups excluding tert-OH is 1. The molecule has 0 amide bonds. The molecule has 2 rings (SSSR count). The number of nitrogens with zero attached hydrogens (tertiary/aromatic N) is 2. The fraction of sp³-hybridized carbons (Fsp3) is 0.222. The number of imidazole rings is 1. The predicted octanol–water partition coefficient (Wildman–Crippen LogP) is 1.34. The van der Waals surface area contributed by atoms with Crippen molar-refractivity contribution in [3.8, 4) is 5.75 Å². The zero-order chi connectivity index (χ0) is 10.1. The Balaban J connectivity index is 2.66. The van der Waals surface area contributed by atoms with Gasteiger partial charge in [0.15, 0.2) is 0 Å². The maximum Gasteiger partial charge on any atom is 0.132 e. The van der Waals surface area contributed by atoms with Gasteiger partial charge >= 0.3 is 0 Å². The number of fused-ring (bicyclic) bond motifs is 1. The van der Waals surface area contributed by atoms with Crippen LogP contribution in [0.4, 0.5) is 0 Å². The molecule has 0 aliphatic carbocycles. The first-order valence-corrected chi connectivity index (χ1v) is 4.98. The van der Waals surface area contributed by atoms with Gasteiger partial charge in [0.05, 0.1) is 18.3 Å². The number of halogens is 1. The lowest BCUT2D eigenvalue weighted by Crippen LogP contribution is -1.97. The van der Waals surface area contributed by atoms with Crippen LogP contribution in [0.25, 0.3) is 5.52 Å². The van der Waals surface area contributed by atoms with Crippen LogP contribution in [-0.4, -0.2) is 26.2 Å². The number of hydrogen-bond acceptors (Lipinski definition) is 3. The molecular weight excluding hydrogens is 248 g/mol. The Morgan fingerprint density at radius 2 is 2.21 bits per heavy atom. The molecule has 0 saturated heterocycles. The molecule has 0 aliphatic heterocycles. The molecule has 2 aromatic heterocycles. The van der Waals surface area contributed by atoms with Gasteiger partial charge in [-0.15, -0.1) is 0 Å². The minimum absolute atomic E-state index is 0.0429. The van der Waals surface area contributed by atoms with E-state index in [-0.39, 0.29) is 12.4 Å². The molecule has 0 saturated carbocycles. The van der Waals surface area contributed by atoms with Gasteiger partial charge < -0.3 is 10.2 Å². The number of pyridine rings is 1. The summed E-state index contributed by atoms with van der Waals surface area (Å²) in [5.74, 6) is 0.909. The molecule has 5 heteroatoms. The third-order valence-electron chi connectivity index (χ3n) is 1.98. The van der Waals surface area contributed by atoms with E-state index < -0.39 is 0 Å². The first-order valence-electron chi connectivity index (χ1n) is 4.18. The maximum absolute atomic E-state index is 9.31. The van der Waals surface area contributed by atoms with Crippen LogP contribution in [0.15, 0.2) is 22.9 Å². The van der Waals surface area contributed by atoms with E-state index in [9.17, 15) is 5.11 Å². The third-order valence-corrected chi connectivity index (χ3v) is 2.57. The average Bonchev–Trinajstić information content (AvgIpc) is 2.44. The van der Waals surface area contributed by atoms with Crippen molar-refractivity contribution in [2.45, 2.75) is 6.42 Å². The molecule has 0 spiro atoms. The van der Waals surface area contributed by atoms with Gasteiger partial charge in [-0.05, 0) is 28.1 Å². The normalized spacial score (nSPS) is 11.0. The second kappa shape index (κ2) is 3.59. The van der Waals surface area contributed by atoms with Crippen LogP contribution in [0.1, 0.15) is 5.82 Å². The van der Waals surface area contributed by atoms with Crippen LogP contribution in [0, 0.1) is 0 Å². The molecule has 0 radical (unpaired) electrons. The summed E-state index contributed by atoms with van der Waals surface area (Å²) in [5.41, 5.74) is 0.881. The van der Waals surface area contributed by atoms with E-state index in [2.05, 4.69) is 20.9 Å². The van der Waals surface area contributed by atoms with Gasteiger partial charge in [0.2, 0.25) is 0 Å². The monoisotopic (exact) mass is 256 g/mol. The zero-order valence-electron chi connectivity index (χ0n) is 7.31. The summed E-state index contributed by atoms with van der Waals surface area (Å²) < 4.78 is 2.48. The zero-order valence-corrected chi connectivity index (χ0v) is 8.90. The standard InChI is InChI=1S/C9H9BrN2O2/c10-9-7-2-1-6(14)5-12(7)8(11-9)3-4-13/h1-2,5,13-14H,3-4H2. The first-order chi connectivity index (χ1) is 6.72. The summed E-state index contributed by atoms with van der Waals surface area (Å²) in [6.45, 7) is 0.0429. The molecular formula is C9H9BrN2O2. The van der Waals surface area contributed by atoms with Crippen LogP contribution in [-0.2, 0) is 6.42 Å². The summed E-state index contributed by atoms with van der Waals surface area (Å²) in [4.78, 5) is 4.23. The summed E-state index contributed by atoms with van der Waals surface area (Å²) in [7, 11) is 0. The Labute approximate surface area is 89.0 Å². The van der Waals surface area contributed by atoms with Crippen molar-refractivity contribution >= 4 is 21.4 Å². The van der Waals surface area contributed by atoms with Gasteiger partial charge in [-0.25, -0.2) is 4.98 Å². The lowest BCUT2D eigenvalue weighted by Gasteiger charge is -1.99. The van der Waals surface area contributed by atoms with Gasteiger partial charge in [0.1, 0.15) is 16.2 Å². The molecule has 0 fully saturated rings. The fourth-order valence-corrected chi connectivity index (χ4v) is 1.90. The molecule has 2 aromatic rings. The molecule has 0 unspecified atom stereocenters. The Kier molecular flexibility index (Phi) is 2.43. The van der Waals surface area contributed by atoms with Crippen molar-refractivity contribution in [1.29, 1.82) is 0 Å². The van der Waals surface area contributed by atoms with Gasteiger partial charge in [0, 0.05) is 6.42 Å². The Morgan fingerprint density at radius 1 is 1.43 bits per heavy atom. The minimum atomic E-state index is 0.0429. The first kappa shape index (κ1) is 9.48. The van der Waals surface area contributed by atoms with Crippen LogP contribution in [0.3, 0.4) is 0 Å². The highest BCUT2D eigenvalue weighted by Gasteiger charge is 2.08. The lowest BCUT2D eigenvalue weighted by atomic mass is 10.4. The van der Waals surface area contributed by atoms with E-state index in [1.54, 1.807) is 22.7 Å². The molecule has 0 atom stereocenters. The number of aromatic hydroxyl groups is 1. The largest absolute Gasteiger partial charge is 0.506 e. The van der Waals surface area contributed by atoms with Gasteiger partial charge in [-0.3, -0.25) is 4.40 Å². The molecule has 2 heterocycles. The molecule has 74 valence electrons. The van der Waals surface area contributed by atoms with Crippen LogP contribution in [0.5, 0.6) is 5.75 Å². The SMILES string of the molecule is OCCc1nc(Br)c2ccc(O)cn12. The summed E-state index contributed by atoms with van der Waals surface area (Å²) in [6.07, 6.45) is 2.05. The molecule has 4 nitrogen and oxygen atoms in total. The second-order valence-electron chi connectivity index (χ2n) is 2.93. The summed E-state index contributed by atoms with van der Waals surface area (Å²) in [5, 5.41) is 18.1. The number of rotatable bonds is 2. The molecule has 0 bridgehead atoms. The van der Waals surface area contributed by atoms with E-state index in [4.69, 9.17) is 5.11 Å². The average molecular weight is 257 g/mol. The highest BCUT2D eigenvalue weighted by Crippen LogP contribution is 2.21. The molecule has 0 aliphatic rings. The van der Waals surface area contributed by atoms with Crippen molar-refractivity contribution < 1.29 is 10.2 Å². The van der Waals surface area contributed by atoms with Crippen molar-refractivity contribution in [3.63, 3.8) is 0 Å². The molecule has 0 aromatic carbocycles. The van der Waals surface area contributed by atoms with Crippen LogP contribution < -0.4 is 0 Å².